The van der Waals surface area contributed by atoms with E-state index in [0.29, 0.717) is 11.5 Å². The van der Waals surface area contributed by atoms with Crippen molar-refractivity contribution in [3.8, 4) is 11.5 Å². The van der Waals surface area contributed by atoms with Gasteiger partial charge < -0.3 is 19.3 Å². The molecule has 96 valence electrons. The first-order valence-corrected chi connectivity index (χ1v) is 5.83. The fourth-order valence-corrected chi connectivity index (χ4v) is 2.26. The monoisotopic (exact) mass is 250 g/mol. The maximum Gasteiger partial charge on any atom is 0.338 e. The molecule has 0 aromatic heterocycles. The van der Waals surface area contributed by atoms with E-state index in [2.05, 4.69) is 0 Å². The number of fused-ring (bicyclic) bond motifs is 1. The fourth-order valence-electron chi connectivity index (χ4n) is 2.26. The number of benzene rings is 1. The Bertz CT molecular complexity index is 508. The molecule has 5 nitrogen and oxygen atoms in total. The van der Waals surface area contributed by atoms with E-state index in [9.17, 15) is 9.90 Å². The van der Waals surface area contributed by atoms with Gasteiger partial charge in [0, 0.05) is 5.92 Å². The summed E-state index contributed by atoms with van der Waals surface area (Å²) < 4.78 is 15.8. The molecular weight excluding hydrogens is 236 g/mol. The standard InChI is InChI=1S/C13H14O5/c1-7-11(18-12(14)13(7,2)15)8-3-4-9-10(5-8)17-6-16-9/h3-5,7,11,15H,6H2,1-2H3/t7-,11-,13-/m1/s1. The number of hydrogen-bond acceptors (Lipinski definition) is 5. The van der Waals surface area contributed by atoms with Crippen LogP contribution in [0.2, 0.25) is 0 Å². The van der Waals surface area contributed by atoms with Crippen LogP contribution in [0.1, 0.15) is 25.5 Å². The molecule has 0 unspecified atom stereocenters. The third-order valence-corrected chi connectivity index (χ3v) is 3.71. The predicted molar refractivity (Wildman–Crippen MR) is 61.2 cm³/mol. The van der Waals surface area contributed by atoms with Gasteiger partial charge >= 0.3 is 5.97 Å². The van der Waals surface area contributed by atoms with Crippen LogP contribution >= 0.6 is 0 Å². The Morgan fingerprint density at radius 3 is 2.72 bits per heavy atom. The molecule has 2 aliphatic rings. The number of ether oxygens (including phenoxy) is 3. The van der Waals surface area contributed by atoms with E-state index >= 15 is 0 Å². The Morgan fingerprint density at radius 1 is 1.33 bits per heavy atom. The van der Waals surface area contributed by atoms with Gasteiger partial charge in [-0.3, -0.25) is 0 Å². The number of carbonyl (C=O) groups excluding carboxylic acids is 1. The van der Waals surface area contributed by atoms with Crippen molar-refractivity contribution >= 4 is 5.97 Å². The first-order chi connectivity index (χ1) is 8.50. The second-order valence-corrected chi connectivity index (χ2v) is 4.87. The van der Waals surface area contributed by atoms with Gasteiger partial charge in [-0.25, -0.2) is 4.79 Å². The normalized spacial score (nSPS) is 33.6. The Hall–Kier alpha value is -1.75. The Kier molecular flexibility index (Phi) is 2.28. The summed E-state index contributed by atoms with van der Waals surface area (Å²) in [5.74, 6) is 0.424. The molecule has 1 saturated heterocycles. The molecule has 1 fully saturated rings. The largest absolute Gasteiger partial charge is 0.455 e. The van der Waals surface area contributed by atoms with Crippen LogP contribution in [0.15, 0.2) is 18.2 Å². The molecule has 2 aliphatic heterocycles. The zero-order valence-corrected chi connectivity index (χ0v) is 10.2. The first-order valence-electron chi connectivity index (χ1n) is 5.83. The molecule has 3 rings (SSSR count). The van der Waals surface area contributed by atoms with Crippen molar-refractivity contribution in [3.05, 3.63) is 23.8 Å². The highest BCUT2D eigenvalue weighted by molar-refractivity contribution is 5.81. The molecule has 18 heavy (non-hydrogen) atoms. The van der Waals surface area contributed by atoms with Gasteiger partial charge in [-0.1, -0.05) is 13.0 Å². The summed E-state index contributed by atoms with van der Waals surface area (Å²) in [6.45, 7) is 3.48. The van der Waals surface area contributed by atoms with E-state index in [1.54, 1.807) is 19.1 Å². The summed E-state index contributed by atoms with van der Waals surface area (Å²) >= 11 is 0. The average Bonchev–Trinajstić information content (AvgIpc) is 2.87. The molecule has 5 heteroatoms. The molecule has 2 heterocycles. The Balaban J connectivity index is 1.95. The number of rotatable bonds is 1. The smallest absolute Gasteiger partial charge is 0.338 e. The molecule has 0 aliphatic carbocycles. The van der Waals surface area contributed by atoms with Crippen LogP contribution in [0.4, 0.5) is 0 Å². The van der Waals surface area contributed by atoms with Gasteiger partial charge in [0.05, 0.1) is 0 Å². The highest BCUT2D eigenvalue weighted by Gasteiger charge is 2.51. The quantitative estimate of drug-likeness (QED) is 0.763. The average molecular weight is 250 g/mol. The van der Waals surface area contributed by atoms with Gasteiger partial charge in [-0.2, -0.15) is 0 Å². The van der Waals surface area contributed by atoms with Gasteiger partial charge in [-0.05, 0) is 24.6 Å². The van der Waals surface area contributed by atoms with Gasteiger partial charge in [0.2, 0.25) is 6.79 Å². The lowest BCUT2D eigenvalue weighted by Gasteiger charge is -2.20. The minimum atomic E-state index is -1.44. The summed E-state index contributed by atoms with van der Waals surface area (Å²) in [7, 11) is 0. The Labute approximate surface area is 104 Å². The van der Waals surface area contributed by atoms with Crippen LogP contribution in [0.5, 0.6) is 11.5 Å². The lowest BCUT2D eigenvalue weighted by atomic mass is 9.86. The zero-order valence-electron chi connectivity index (χ0n) is 10.2. The first kappa shape index (κ1) is 11.3. The minimum absolute atomic E-state index is 0.205. The highest BCUT2D eigenvalue weighted by Crippen LogP contribution is 2.44. The fraction of sp³-hybridized carbons (Fsp3) is 0.462. The van der Waals surface area contributed by atoms with Crippen molar-refractivity contribution in [1.29, 1.82) is 0 Å². The van der Waals surface area contributed by atoms with Crippen LogP contribution in [-0.4, -0.2) is 23.5 Å². The number of esters is 1. The van der Waals surface area contributed by atoms with E-state index in [1.807, 2.05) is 6.07 Å². The number of hydrogen-bond donors (Lipinski definition) is 1. The lowest BCUT2D eigenvalue weighted by molar-refractivity contribution is -0.154. The minimum Gasteiger partial charge on any atom is -0.455 e. The summed E-state index contributed by atoms with van der Waals surface area (Å²) in [4.78, 5) is 11.6. The number of aliphatic hydroxyl groups is 1. The van der Waals surface area contributed by atoms with Gasteiger partial charge in [0.25, 0.3) is 0 Å². The van der Waals surface area contributed by atoms with Crippen LogP contribution < -0.4 is 9.47 Å². The van der Waals surface area contributed by atoms with E-state index in [1.165, 1.54) is 6.92 Å². The van der Waals surface area contributed by atoms with Crippen molar-refractivity contribution in [2.24, 2.45) is 5.92 Å². The second kappa shape index (κ2) is 3.62. The molecule has 0 saturated carbocycles. The van der Waals surface area contributed by atoms with Crippen LogP contribution in [0.3, 0.4) is 0 Å². The predicted octanol–water partition coefficient (Wildman–Crippen LogP) is 1.40. The van der Waals surface area contributed by atoms with E-state index in [-0.39, 0.29) is 12.7 Å². The summed E-state index contributed by atoms with van der Waals surface area (Å²) in [5.41, 5.74) is -0.640. The third kappa shape index (κ3) is 1.47. The van der Waals surface area contributed by atoms with E-state index in [0.717, 1.165) is 5.56 Å². The molecule has 1 aromatic carbocycles. The number of carbonyl (C=O) groups is 1. The molecule has 0 bridgehead atoms. The van der Waals surface area contributed by atoms with Crippen molar-refractivity contribution < 1.29 is 24.1 Å². The summed E-state index contributed by atoms with van der Waals surface area (Å²) in [5, 5.41) is 10.0. The summed E-state index contributed by atoms with van der Waals surface area (Å²) in [6, 6.07) is 5.40. The highest BCUT2D eigenvalue weighted by atomic mass is 16.7. The molecule has 0 radical (unpaired) electrons. The maximum absolute atomic E-state index is 11.6. The molecule has 0 spiro atoms. The molecule has 3 atom stereocenters. The van der Waals surface area contributed by atoms with Crippen molar-refractivity contribution in [2.75, 3.05) is 6.79 Å². The lowest BCUT2D eigenvalue weighted by Crippen LogP contribution is -2.35. The molecule has 0 amide bonds. The van der Waals surface area contributed by atoms with Gasteiger partial charge in [-0.15, -0.1) is 0 Å². The summed E-state index contributed by atoms with van der Waals surface area (Å²) in [6.07, 6.45) is -0.456. The molecule has 1 N–H and O–H groups in total. The molecular formula is C13H14O5. The molecule has 1 aromatic rings. The second-order valence-electron chi connectivity index (χ2n) is 4.87. The van der Waals surface area contributed by atoms with Crippen molar-refractivity contribution in [2.45, 2.75) is 25.6 Å². The number of cyclic esters (lactones) is 1. The van der Waals surface area contributed by atoms with Crippen LogP contribution in [-0.2, 0) is 9.53 Å². The topological polar surface area (TPSA) is 65.0 Å². The zero-order chi connectivity index (χ0) is 12.9. The Morgan fingerprint density at radius 2 is 2.06 bits per heavy atom. The van der Waals surface area contributed by atoms with E-state index < -0.39 is 17.7 Å². The van der Waals surface area contributed by atoms with Crippen LogP contribution in [0, 0.1) is 5.92 Å². The van der Waals surface area contributed by atoms with Gasteiger partial charge in [0.15, 0.2) is 17.1 Å². The third-order valence-electron chi connectivity index (χ3n) is 3.71. The van der Waals surface area contributed by atoms with Gasteiger partial charge in [0.1, 0.15) is 6.10 Å². The van der Waals surface area contributed by atoms with E-state index in [4.69, 9.17) is 14.2 Å². The van der Waals surface area contributed by atoms with Crippen molar-refractivity contribution in [3.63, 3.8) is 0 Å². The van der Waals surface area contributed by atoms with Crippen molar-refractivity contribution in [1.82, 2.24) is 0 Å². The maximum atomic E-state index is 11.6. The SMILES string of the molecule is C[C@@H]1[C@H](c2ccc3c(c2)OCO3)OC(=O)[C@]1(C)O. The van der Waals surface area contributed by atoms with Crippen LogP contribution in [0.25, 0.3) is 0 Å².